The smallest absolute Gasteiger partial charge is 0.336 e. The van der Waals surface area contributed by atoms with E-state index in [9.17, 15) is 23.3 Å². The summed E-state index contributed by atoms with van der Waals surface area (Å²) >= 11 is 0. The minimum absolute atomic E-state index is 0.00990. The lowest BCUT2D eigenvalue weighted by atomic mass is 10.0. The van der Waals surface area contributed by atoms with Gasteiger partial charge in [-0.3, -0.25) is 19.6 Å². The number of anilines is 1. The first-order chi connectivity index (χ1) is 23.3. The molecule has 0 amide bonds. The highest BCUT2D eigenvalue weighted by Gasteiger charge is 2.12. The maximum absolute atomic E-state index is 12.4. The highest BCUT2D eigenvalue weighted by atomic mass is 32.2. The van der Waals surface area contributed by atoms with Gasteiger partial charge in [0.05, 0.1) is 16.2 Å². The summed E-state index contributed by atoms with van der Waals surface area (Å²) in [7, 11) is -4.42. The van der Waals surface area contributed by atoms with E-state index in [1.54, 1.807) is 36.4 Å². The molecule has 0 bridgehead atoms. The minimum atomic E-state index is -3.41. The van der Waals surface area contributed by atoms with Crippen molar-refractivity contribution in [1.29, 1.82) is 4.78 Å². The summed E-state index contributed by atoms with van der Waals surface area (Å²) in [5.41, 5.74) is 3.68. The molecule has 0 spiro atoms. The Kier molecular flexibility index (Phi) is 18.9. The molecule has 1 unspecified atom stereocenters. The molecule has 0 fully saturated rings. The molecule has 1 atom stereocenters. The average Bonchev–Trinajstić information content (AvgIpc) is 3.04. The number of hydrogen-bond acceptors (Lipinski definition) is 6. The van der Waals surface area contributed by atoms with Gasteiger partial charge in [0.2, 0.25) is 10.0 Å². The Morgan fingerprint density at radius 3 is 1.57 bits per heavy atom. The van der Waals surface area contributed by atoms with Gasteiger partial charge in [0, 0.05) is 27.6 Å². The number of benzene rings is 3. The van der Waals surface area contributed by atoms with E-state index in [2.05, 4.69) is 11.6 Å². The molecule has 0 aliphatic carbocycles. The number of hydrogen-bond donors (Lipinski definition) is 3. The summed E-state index contributed by atoms with van der Waals surface area (Å²) in [6.45, 7) is 7.86. The Morgan fingerprint density at radius 1 is 0.755 bits per heavy atom. The van der Waals surface area contributed by atoms with Crippen LogP contribution in [0.2, 0.25) is 0 Å². The summed E-state index contributed by atoms with van der Waals surface area (Å²) in [5.74, 6) is -0.733. The van der Waals surface area contributed by atoms with E-state index in [1.807, 2.05) is 32.9 Å². The number of aromatic carboxylic acids is 1. The molecule has 270 valence electrons. The fraction of sp³-hybridized carbons (Fsp3) is 0.500. The van der Waals surface area contributed by atoms with Crippen molar-refractivity contribution in [3.8, 4) is 0 Å². The molecule has 3 aromatic rings. The largest absolute Gasteiger partial charge is 0.478 e. The molecule has 0 heterocycles. The Bertz CT molecular complexity index is 1570. The maximum Gasteiger partial charge on any atom is 0.336 e. The second-order valence-electron chi connectivity index (χ2n) is 12.7. The van der Waals surface area contributed by atoms with E-state index in [-0.39, 0.29) is 11.4 Å². The van der Waals surface area contributed by atoms with Gasteiger partial charge in [0.15, 0.2) is 0 Å². The van der Waals surface area contributed by atoms with E-state index in [4.69, 9.17) is 9.89 Å². The van der Waals surface area contributed by atoms with Crippen LogP contribution in [0.25, 0.3) is 0 Å². The van der Waals surface area contributed by atoms with Crippen LogP contribution in [0.4, 0.5) is 11.4 Å². The lowest BCUT2D eigenvalue weighted by molar-refractivity contribution is -0.384. The fourth-order valence-corrected chi connectivity index (χ4v) is 8.00. The molecule has 11 heteroatoms. The van der Waals surface area contributed by atoms with E-state index < -0.39 is 31.6 Å². The van der Waals surface area contributed by atoms with Gasteiger partial charge in [0.25, 0.3) is 5.69 Å². The van der Waals surface area contributed by atoms with Gasteiger partial charge < -0.3 is 5.11 Å². The molecule has 0 saturated heterocycles. The van der Waals surface area contributed by atoms with Crippen LogP contribution >= 0.6 is 0 Å². The Balaban J connectivity index is 0.000000582. The number of rotatable bonds is 21. The first-order valence-electron chi connectivity index (χ1n) is 17.5. The second kappa shape index (κ2) is 22.2. The molecular formula is C38H55N3O6S2. The number of carbonyl (C=O) groups is 1. The van der Waals surface area contributed by atoms with Crippen molar-refractivity contribution in [1.82, 2.24) is 0 Å². The number of nitro groups is 1. The molecule has 3 aromatic carbocycles. The number of carboxylic acids is 1. The summed E-state index contributed by atoms with van der Waals surface area (Å²) in [4.78, 5) is 22.5. The van der Waals surface area contributed by atoms with Crippen LogP contribution in [0.15, 0.2) is 70.5 Å². The zero-order chi connectivity index (χ0) is 36.2. The number of nitrogens with one attached hydrogen (secondary N) is 2. The molecule has 3 N–H and O–H groups in total. The third-order valence-electron chi connectivity index (χ3n) is 8.30. The van der Waals surface area contributed by atoms with Crippen LogP contribution in [-0.4, -0.2) is 30.2 Å². The Labute approximate surface area is 296 Å². The van der Waals surface area contributed by atoms with Crippen molar-refractivity contribution in [2.75, 3.05) is 10.5 Å². The average molecular weight is 714 g/mol. The standard InChI is InChI=1S/C28H43N3O4S2.C10H12O2/c1-2-3-4-5-6-7-8-9-10-11-12-13-14-15-24-37(34,35)30-25-16-20-27(21-17-25)36(29)28-22-18-26(19-23-28)31(32)33;1-6-4-7(2)9(10(11)12)8(3)5-6/h16-23,29-30H,2-15,24H2,1H3;4-5H,1-3H3,(H,11,12). The van der Waals surface area contributed by atoms with Crippen molar-refractivity contribution < 1.29 is 23.2 Å². The monoisotopic (exact) mass is 713 g/mol. The number of aryl methyl sites for hydroxylation is 3. The lowest BCUT2D eigenvalue weighted by Gasteiger charge is -2.10. The summed E-state index contributed by atoms with van der Waals surface area (Å²) in [6, 6.07) is 16.5. The van der Waals surface area contributed by atoms with E-state index in [0.29, 0.717) is 27.5 Å². The molecule has 0 aliphatic rings. The maximum atomic E-state index is 12.4. The van der Waals surface area contributed by atoms with Crippen LogP contribution in [0, 0.1) is 35.7 Å². The molecule has 0 saturated carbocycles. The van der Waals surface area contributed by atoms with E-state index >= 15 is 0 Å². The highest BCUT2D eigenvalue weighted by Crippen LogP contribution is 2.22. The zero-order valence-corrected chi connectivity index (χ0v) is 31.3. The third kappa shape index (κ3) is 16.1. The van der Waals surface area contributed by atoms with Gasteiger partial charge in [-0.1, -0.05) is 108 Å². The number of unbranched alkanes of at least 4 members (excludes halogenated alkanes) is 13. The number of carboxylic acid groups (broad SMARTS) is 1. The summed E-state index contributed by atoms with van der Waals surface area (Å²) in [5, 5.41) is 19.6. The molecular weight excluding hydrogens is 659 g/mol. The first kappa shape index (κ1) is 41.6. The van der Waals surface area contributed by atoms with Crippen LogP contribution in [0.5, 0.6) is 0 Å². The quantitative estimate of drug-likeness (QED) is 0.0568. The zero-order valence-electron chi connectivity index (χ0n) is 29.6. The van der Waals surface area contributed by atoms with Gasteiger partial charge in [-0.15, -0.1) is 0 Å². The van der Waals surface area contributed by atoms with Gasteiger partial charge in [-0.05, 0) is 85.4 Å². The van der Waals surface area contributed by atoms with Crippen molar-refractivity contribution in [3.05, 3.63) is 93.0 Å². The highest BCUT2D eigenvalue weighted by molar-refractivity contribution is 7.92. The van der Waals surface area contributed by atoms with Gasteiger partial charge in [-0.25, -0.2) is 13.2 Å². The van der Waals surface area contributed by atoms with Crippen LogP contribution in [0.1, 0.15) is 124 Å². The molecule has 0 aromatic heterocycles. The Morgan fingerprint density at radius 2 is 1.16 bits per heavy atom. The van der Waals surface area contributed by atoms with Crippen LogP contribution < -0.4 is 4.72 Å². The van der Waals surface area contributed by atoms with E-state index in [1.165, 1.54) is 82.8 Å². The predicted octanol–water partition coefficient (Wildman–Crippen LogP) is 10.9. The predicted molar refractivity (Wildman–Crippen MR) is 201 cm³/mol. The number of nitrogens with zero attached hydrogens (tertiary/aromatic N) is 1. The molecule has 0 aliphatic heterocycles. The van der Waals surface area contributed by atoms with Crippen molar-refractivity contribution in [2.45, 2.75) is 127 Å². The Hall–Kier alpha value is -3.57. The molecule has 3 rings (SSSR count). The van der Waals surface area contributed by atoms with Crippen molar-refractivity contribution in [3.63, 3.8) is 0 Å². The van der Waals surface area contributed by atoms with Gasteiger partial charge in [-0.2, -0.15) is 0 Å². The molecule has 9 nitrogen and oxygen atoms in total. The normalized spacial score (nSPS) is 11.8. The fourth-order valence-electron chi connectivity index (χ4n) is 5.73. The van der Waals surface area contributed by atoms with Crippen molar-refractivity contribution in [2.24, 2.45) is 0 Å². The van der Waals surface area contributed by atoms with Gasteiger partial charge >= 0.3 is 5.97 Å². The van der Waals surface area contributed by atoms with Crippen LogP contribution in [0.3, 0.4) is 0 Å². The van der Waals surface area contributed by atoms with E-state index in [0.717, 1.165) is 29.5 Å². The minimum Gasteiger partial charge on any atom is -0.478 e. The summed E-state index contributed by atoms with van der Waals surface area (Å²) < 4.78 is 36.0. The lowest BCUT2D eigenvalue weighted by Crippen LogP contribution is -2.16. The topological polar surface area (TPSA) is 150 Å². The SMILES string of the molecule is CCCCCCCCCCCCCCCCS(=O)(=O)Nc1ccc(S(=N)c2ccc([N+](=O)[O-])cc2)cc1.Cc1cc(C)c(C(=O)O)c(C)c1. The van der Waals surface area contributed by atoms with Crippen molar-refractivity contribution >= 4 is 38.1 Å². The first-order valence-corrected chi connectivity index (χ1v) is 20.3. The van der Waals surface area contributed by atoms with Crippen LogP contribution in [-0.2, 0) is 20.7 Å². The summed E-state index contributed by atoms with van der Waals surface area (Å²) in [6.07, 6.45) is 17.2. The number of non-ortho nitro benzene ring substituents is 1. The number of sulfonamides is 1. The third-order valence-corrected chi connectivity index (χ3v) is 11.2. The second-order valence-corrected chi connectivity index (χ2v) is 16.1. The molecule has 0 radical (unpaired) electrons. The number of nitro benzene ring substituents is 1. The molecule has 49 heavy (non-hydrogen) atoms. The van der Waals surface area contributed by atoms with Gasteiger partial charge in [0.1, 0.15) is 0 Å².